The van der Waals surface area contributed by atoms with Gasteiger partial charge in [-0.25, -0.2) is 0 Å². The van der Waals surface area contributed by atoms with Gasteiger partial charge in [0.25, 0.3) is 0 Å². The smallest absolute Gasteiger partial charge is 0.303 e. The average Bonchev–Trinajstić information content (AvgIpc) is 3.11. The number of carboxylic acid groups (broad SMARTS) is 1. The molecule has 1 N–H and O–H groups in total. The van der Waals surface area contributed by atoms with Crippen molar-refractivity contribution < 1.29 is 24.2 Å². The van der Waals surface area contributed by atoms with E-state index in [9.17, 15) is 9.59 Å². The maximum Gasteiger partial charge on any atom is 0.303 e. The molecule has 142 valence electrons. The number of carboxylic acids is 1. The van der Waals surface area contributed by atoms with Crippen LogP contribution in [0.25, 0.3) is 0 Å². The van der Waals surface area contributed by atoms with Crippen LogP contribution in [0.5, 0.6) is 11.5 Å². The Morgan fingerprint density at radius 3 is 2.54 bits per heavy atom. The standard InChI is InChI=1S/C20H27NO5/c22-19(8-4-5-9-20(23)24)21(16-6-2-1-3-7-16)13-15-10-11-17-18(12-15)26-14-25-17/h10-12,16H,1-9,13-14H2,(H,23,24). The Balaban J connectivity index is 1.64. The van der Waals surface area contributed by atoms with Crippen LogP contribution in [0, 0.1) is 0 Å². The Labute approximate surface area is 154 Å². The van der Waals surface area contributed by atoms with Gasteiger partial charge in [0.15, 0.2) is 11.5 Å². The number of nitrogens with zero attached hydrogens (tertiary/aromatic N) is 1. The summed E-state index contributed by atoms with van der Waals surface area (Å²) in [6.07, 6.45) is 7.35. The molecule has 1 heterocycles. The normalized spacial score (nSPS) is 16.5. The van der Waals surface area contributed by atoms with E-state index in [1.165, 1.54) is 6.42 Å². The van der Waals surface area contributed by atoms with Crippen molar-refractivity contribution in [2.45, 2.75) is 70.4 Å². The maximum absolute atomic E-state index is 12.8. The Kier molecular flexibility index (Phi) is 6.36. The van der Waals surface area contributed by atoms with Gasteiger partial charge in [0.05, 0.1) is 0 Å². The van der Waals surface area contributed by atoms with Crippen LogP contribution in [0.15, 0.2) is 18.2 Å². The molecule has 0 bridgehead atoms. The predicted molar refractivity (Wildman–Crippen MR) is 96.1 cm³/mol. The molecule has 1 aliphatic carbocycles. The predicted octanol–water partition coefficient (Wildman–Crippen LogP) is 3.72. The highest BCUT2D eigenvalue weighted by atomic mass is 16.7. The number of fused-ring (bicyclic) bond motifs is 1. The number of benzene rings is 1. The Morgan fingerprint density at radius 1 is 1.04 bits per heavy atom. The van der Waals surface area contributed by atoms with Crippen molar-refractivity contribution in [1.82, 2.24) is 4.90 Å². The largest absolute Gasteiger partial charge is 0.481 e. The molecule has 1 aliphatic heterocycles. The van der Waals surface area contributed by atoms with E-state index in [1.54, 1.807) is 0 Å². The van der Waals surface area contributed by atoms with Gasteiger partial charge >= 0.3 is 5.97 Å². The Hall–Kier alpha value is -2.24. The fourth-order valence-electron chi connectivity index (χ4n) is 3.75. The first kappa shape index (κ1) is 18.5. The van der Waals surface area contributed by atoms with Crippen molar-refractivity contribution in [3.8, 4) is 11.5 Å². The summed E-state index contributed by atoms with van der Waals surface area (Å²) in [6, 6.07) is 6.12. The third kappa shape index (κ3) is 4.90. The van der Waals surface area contributed by atoms with E-state index in [2.05, 4.69) is 0 Å². The van der Waals surface area contributed by atoms with Crippen LogP contribution >= 0.6 is 0 Å². The van der Waals surface area contributed by atoms with Gasteiger partial charge in [-0.05, 0) is 43.4 Å². The van der Waals surface area contributed by atoms with Crippen molar-refractivity contribution in [2.75, 3.05) is 6.79 Å². The summed E-state index contributed by atoms with van der Waals surface area (Å²) in [5.41, 5.74) is 1.04. The first-order valence-electron chi connectivity index (χ1n) is 9.53. The molecule has 0 unspecified atom stereocenters. The van der Waals surface area contributed by atoms with Crippen LogP contribution in [-0.2, 0) is 16.1 Å². The minimum absolute atomic E-state index is 0.124. The molecule has 2 aliphatic rings. The molecule has 26 heavy (non-hydrogen) atoms. The third-order valence-corrected chi connectivity index (χ3v) is 5.16. The number of ether oxygens (including phenoxy) is 2. The van der Waals surface area contributed by atoms with Gasteiger partial charge in [0.2, 0.25) is 12.7 Å². The number of hydrogen-bond acceptors (Lipinski definition) is 4. The summed E-state index contributed by atoms with van der Waals surface area (Å²) in [7, 11) is 0. The molecule has 6 nitrogen and oxygen atoms in total. The summed E-state index contributed by atoms with van der Waals surface area (Å²) < 4.78 is 10.8. The van der Waals surface area contributed by atoms with E-state index in [-0.39, 0.29) is 25.2 Å². The van der Waals surface area contributed by atoms with E-state index in [1.807, 2.05) is 23.1 Å². The summed E-state index contributed by atoms with van der Waals surface area (Å²) >= 11 is 0. The van der Waals surface area contributed by atoms with E-state index in [0.29, 0.717) is 25.8 Å². The minimum Gasteiger partial charge on any atom is -0.481 e. The number of aliphatic carboxylic acids is 1. The van der Waals surface area contributed by atoms with Gasteiger partial charge in [-0.15, -0.1) is 0 Å². The SMILES string of the molecule is O=C(O)CCCCC(=O)N(Cc1ccc2c(c1)OCO2)C1CCCCC1. The van der Waals surface area contributed by atoms with Crippen LogP contribution < -0.4 is 9.47 Å². The zero-order chi connectivity index (χ0) is 18.4. The zero-order valence-corrected chi connectivity index (χ0v) is 15.1. The lowest BCUT2D eigenvalue weighted by Gasteiger charge is -2.34. The lowest BCUT2D eigenvalue weighted by atomic mass is 9.93. The molecule has 0 spiro atoms. The minimum atomic E-state index is -0.804. The van der Waals surface area contributed by atoms with Crippen LogP contribution in [-0.4, -0.2) is 34.7 Å². The molecular formula is C20H27NO5. The highest BCUT2D eigenvalue weighted by Crippen LogP contribution is 2.33. The van der Waals surface area contributed by atoms with Crippen LogP contribution in [0.3, 0.4) is 0 Å². The summed E-state index contributed by atoms with van der Waals surface area (Å²) in [6.45, 7) is 0.812. The molecule has 1 aromatic carbocycles. The monoisotopic (exact) mass is 361 g/mol. The van der Waals surface area contributed by atoms with E-state index in [0.717, 1.165) is 42.7 Å². The molecule has 1 saturated carbocycles. The maximum atomic E-state index is 12.8. The average molecular weight is 361 g/mol. The van der Waals surface area contributed by atoms with E-state index >= 15 is 0 Å². The fraction of sp³-hybridized carbons (Fsp3) is 0.600. The van der Waals surface area contributed by atoms with Crippen LogP contribution in [0.2, 0.25) is 0 Å². The molecular weight excluding hydrogens is 334 g/mol. The van der Waals surface area contributed by atoms with Crippen LogP contribution in [0.1, 0.15) is 63.4 Å². The first-order chi connectivity index (χ1) is 12.6. The van der Waals surface area contributed by atoms with Gasteiger partial charge in [-0.1, -0.05) is 25.3 Å². The van der Waals surface area contributed by atoms with Gasteiger partial charge in [-0.3, -0.25) is 9.59 Å². The van der Waals surface area contributed by atoms with Gasteiger partial charge in [-0.2, -0.15) is 0 Å². The Bertz CT molecular complexity index is 639. The van der Waals surface area contributed by atoms with Gasteiger partial charge < -0.3 is 19.5 Å². The molecule has 0 radical (unpaired) electrons. The number of amides is 1. The summed E-state index contributed by atoms with van der Waals surface area (Å²) in [4.78, 5) is 25.5. The molecule has 6 heteroatoms. The van der Waals surface area contributed by atoms with Gasteiger partial charge in [0, 0.05) is 25.4 Å². The highest BCUT2D eigenvalue weighted by Gasteiger charge is 2.26. The quantitative estimate of drug-likeness (QED) is 0.714. The molecule has 3 rings (SSSR count). The van der Waals surface area contributed by atoms with Crippen molar-refractivity contribution in [3.05, 3.63) is 23.8 Å². The topological polar surface area (TPSA) is 76.1 Å². The van der Waals surface area contributed by atoms with Crippen LogP contribution in [0.4, 0.5) is 0 Å². The molecule has 1 aromatic rings. The van der Waals surface area contributed by atoms with E-state index in [4.69, 9.17) is 14.6 Å². The second-order valence-corrected chi connectivity index (χ2v) is 7.10. The second-order valence-electron chi connectivity index (χ2n) is 7.10. The lowest BCUT2D eigenvalue weighted by Crippen LogP contribution is -2.40. The number of unbranched alkanes of at least 4 members (excludes halogenated alkanes) is 1. The van der Waals surface area contributed by atoms with Gasteiger partial charge in [0.1, 0.15) is 0 Å². The fourth-order valence-corrected chi connectivity index (χ4v) is 3.75. The van der Waals surface area contributed by atoms with Crippen molar-refractivity contribution >= 4 is 11.9 Å². The molecule has 0 aromatic heterocycles. The Morgan fingerprint density at radius 2 is 1.77 bits per heavy atom. The van der Waals surface area contributed by atoms with Crippen molar-refractivity contribution in [1.29, 1.82) is 0 Å². The van der Waals surface area contributed by atoms with Crippen molar-refractivity contribution in [2.24, 2.45) is 0 Å². The molecule has 0 atom stereocenters. The number of carbonyl (C=O) groups is 2. The lowest BCUT2D eigenvalue weighted by molar-refractivity contribution is -0.138. The van der Waals surface area contributed by atoms with E-state index < -0.39 is 5.97 Å². The first-order valence-corrected chi connectivity index (χ1v) is 9.53. The summed E-state index contributed by atoms with van der Waals surface area (Å²) in [5, 5.41) is 8.75. The summed E-state index contributed by atoms with van der Waals surface area (Å²) in [5.74, 6) is 0.805. The zero-order valence-electron chi connectivity index (χ0n) is 15.1. The molecule has 1 amide bonds. The highest BCUT2D eigenvalue weighted by molar-refractivity contribution is 5.76. The molecule has 1 fully saturated rings. The number of rotatable bonds is 8. The number of hydrogen-bond donors (Lipinski definition) is 1. The molecule has 0 saturated heterocycles. The second kappa shape index (κ2) is 8.92. The third-order valence-electron chi connectivity index (χ3n) is 5.16. The number of carbonyl (C=O) groups excluding carboxylic acids is 1. The van der Waals surface area contributed by atoms with Crippen molar-refractivity contribution in [3.63, 3.8) is 0 Å².